The van der Waals surface area contributed by atoms with Crippen molar-refractivity contribution in [3.63, 3.8) is 0 Å². The van der Waals surface area contributed by atoms with Gasteiger partial charge in [0.2, 0.25) is 0 Å². The van der Waals surface area contributed by atoms with E-state index in [2.05, 4.69) is 38.8 Å². The molecule has 62 valence electrons. The first kappa shape index (κ1) is 10.9. The highest BCUT2D eigenvalue weighted by Crippen LogP contribution is 2.21. The third kappa shape index (κ3) is 3.35. The lowest BCUT2D eigenvalue weighted by molar-refractivity contribution is 0.168. The van der Waals surface area contributed by atoms with E-state index in [4.69, 9.17) is 0 Å². The third-order valence-electron chi connectivity index (χ3n) is 1.52. The van der Waals surface area contributed by atoms with Crippen molar-refractivity contribution in [3.05, 3.63) is 0 Å². The zero-order chi connectivity index (χ0) is 8.15. The van der Waals surface area contributed by atoms with E-state index >= 15 is 0 Å². The molecular weight excluding hydrogens is 260 g/mol. The molecule has 3 heteroatoms. The van der Waals surface area contributed by atoms with Gasteiger partial charge in [0.05, 0.1) is 10.9 Å². The summed E-state index contributed by atoms with van der Waals surface area (Å²) >= 11 is 6.91. The highest BCUT2D eigenvalue weighted by atomic mass is 79.9. The number of alkyl halides is 2. The molecule has 0 amide bonds. The van der Waals surface area contributed by atoms with Crippen molar-refractivity contribution in [3.8, 4) is 0 Å². The van der Waals surface area contributed by atoms with Crippen LogP contribution in [0, 0.1) is 0 Å². The number of aliphatic hydroxyl groups is 1. The fourth-order valence-corrected chi connectivity index (χ4v) is 1.79. The summed E-state index contributed by atoms with van der Waals surface area (Å²) in [5.74, 6) is 0. The summed E-state index contributed by atoms with van der Waals surface area (Å²) in [5, 5.41) is 9.35. The molecule has 3 atom stereocenters. The molecule has 0 aromatic rings. The Balaban J connectivity index is 3.69. The molecule has 0 saturated carbocycles. The molecule has 0 radical (unpaired) electrons. The molecule has 0 heterocycles. The molecule has 0 aliphatic carbocycles. The van der Waals surface area contributed by atoms with Gasteiger partial charge in [0.1, 0.15) is 0 Å². The van der Waals surface area contributed by atoms with Gasteiger partial charge in [-0.05, 0) is 12.8 Å². The first-order valence-electron chi connectivity index (χ1n) is 3.59. The molecule has 0 aliphatic rings. The van der Waals surface area contributed by atoms with Gasteiger partial charge in [0.15, 0.2) is 0 Å². The van der Waals surface area contributed by atoms with Crippen LogP contribution in [-0.2, 0) is 0 Å². The fraction of sp³-hybridized carbons (Fsp3) is 1.00. The Hall–Kier alpha value is 0.920. The molecular formula is C7H14Br2O. The molecule has 0 aliphatic heterocycles. The molecule has 0 aromatic heterocycles. The van der Waals surface area contributed by atoms with E-state index in [0.717, 1.165) is 12.8 Å². The molecule has 0 saturated heterocycles. The van der Waals surface area contributed by atoms with Crippen molar-refractivity contribution in [2.24, 2.45) is 0 Å². The second-order valence-corrected chi connectivity index (χ2v) is 4.58. The summed E-state index contributed by atoms with van der Waals surface area (Å²) in [6.45, 7) is 4.07. The lowest BCUT2D eigenvalue weighted by Gasteiger charge is -2.19. The summed E-state index contributed by atoms with van der Waals surface area (Å²) in [4.78, 5) is 0.560. The molecule has 0 rings (SSSR count). The van der Waals surface area contributed by atoms with Crippen molar-refractivity contribution in [1.29, 1.82) is 0 Å². The minimum atomic E-state index is -0.232. The van der Waals surface area contributed by atoms with Crippen LogP contribution in [-0.4, -0.2) is 20.9 Å². The molecule has 0 fully saturated rings. The predicted molar refractivity (Wildman–Crippen MR) is 52.0 cm³/mol. The van der Waals surface area contributed by atoms with E-state index in [-0.39, 0.29) is 10.9 Å². The van der Waals surface area contributed by atoms with Crippen LogP contribution in [0.25, 0.3) is 0 Å². The molecule has 3 unspecified atom stereocenters. The molecule has 0 spiro atoms. The molecule has 10 heavy (non-hydrogen) atoms. The zero-order valence-corrected chi connectivity index (χ0v) is 9.52. The number of hydrogen-bond donors (Lipinski definition) is 1. The lowest BCUT2D eigenvalue weighted by Crippen LogP contribution is -2.27. The average Bonchev–Trinajstić information content (AvgIpc) is 2.00. The van der Waals surface area contributed by atoms with Gasteiger partial charge in [-0.1, -0.05) is 45.7 Å². The van der Waals surface area contributed by atoms with Crippen LogP contribution in [0.4, 0.5) is 0 Å². The van der Waals surface area contributed by atoms with Crippen molar-refractivity contribution in [1.82, 2.24) is 0 Å². The van der Waals surface area contributed by atoms with Gasteiger partial charge in [0, 0.05) is 4.83 Å². The van der Waals surface area contributed by atoms with Crippen LogP contribution in [0.1, 0.15) is 26.7 Å². The van der Waals surface area contributed by atoms with Gasteiger partial charge in [-0.25, -0.2) is 0 Å². The first-order valence-corrected chi connectivity index (χ1v) is 5.42. The minimum Gasteiger partial charge on any atom is -0.392 e. The second-order valence-electron chi connectivity index (χ2n) is 2.34. The van der Waals surface area contributed by atoms with Crippen molar-refractivity contribution >= 4 is 31.9 Å². The van der Waals surface area contributed by atoms with Gasteiger partial charge in [-0.2, -0.15) is 0 Å². The van der Waals surface area contributed by atoms with Crippen molar-refractivity contribution in [2.45, 2.75) is 42.4 Å². The van der Waals surface area contributed by atoms with E-state index in [9.17, 15) is 5.11 Å². The average molecular weight is 274 g/mol. The Kier molecular flexibility index (Phi) is 6.07. The van der Waals surface area contributed by atoms with Crippen molar-refractivity contribution in [2.75, 3.05) is 0 Å². The van der Waals surface area contributed by atoms with Crippen LogP contribution in [0.2, 0.25) is 0 Å². The number of halogens is 2. The summed E-state index contributed by atoms with van der Waals surface area (Å²) in [5.41, 5.74) is 0. The molecule has 1 nitrogen and oxygen atoms in total. The summed E-state index contributed by atoms with van der Waals surface area (Å²) in [6.07, 6.45) is 1.61. The van der Waals surface area contributed by atoms with E-state index in [1.54, 1.807) is 0 Å². The normalized spacial score (nSPS) is 20.1. The van der Waals surface area contributed by atoms with Crippen molar-refractivity contribution < 1.29 is 5.11 Å². The summed E-state index contributed by atoms with van der Waals surface area (Å²) in [6, 6.07) is 0. The van der Waals surface area contributed by atoms with Gasteiger partial charge < -0.3 is 5.11 Å². The zero-order valence-electron chi connectivity index (χ0n) is 6.35. The van der Waals surface area contributed by atoms with Gasteiger partial charge in [-0.3, -0.25) is 0 Å². The number of aliphatic hydroxyl groups excluding tert-OH is 1. The summed E-state index contributed by atoms with van der Waals surface area (Å²) < 4.78 is 0. The van der Waals surface area contributed by atoms with E-state index in [1.807, 2.05) is 6.92 Å². The Morgan fingerprint density at radius 3 is 2.00 bits per heavy atom. The Labute approximate surface area is 79.5 Å². The van der Waals surface area contributed by atoms with Crippen LogP contribution >= 0.6 is 31.9 Å². The Morgan fingerprint density at radius 1 is 1.20 bits per heavy atom. The van der Waals surface area contributed by atoms with Crippen LogP contribution in [0.5, 0.6) is 0 Å². The number of hydrogen-bond acceptors (Lipinski definition) is 1. The third-order valence-corrected chi connectivity index (χ3v) is 4.70. The second kappa shape index (κ2) is 5.56. The first-order chi connectivity index (χ1) is 4.63. The van der Waals surface area contributed by atoms with Crippen LogP contribution in [0.15, 0.2) is 0 Å². The smallest absolute Gasteiger partial charge is 0.0673 e. The number of rotatable bonds is 4. The maximum absolute atomic E-state index is 9.35. The molecule has 0 aromatic carbocycles. The standard InChI is InChI=1S/C7H14Br2O/c1-3-5(8)7(9)6(10)4-2/h5-7,10H,3-4H2,1-2H3. The Bertz CT molecular complexity index is 77.7. The Morgan fingerprint density at radius 2 is 1.70 bits per heavy atom. The highest BCUT2D eigenvalue weighted by Gasteiger charge is 2.20. The minimum absolute atomic E-state index is 0.183. The van der Waals surface area contributed by atoms with Gasteiger partial charge in [0.25, 0.3) is 0 Å². The predicted octanol–water partition coefficient (Wildman–Crippen LogP) is 2.69. The maximum Gasteiger partial charge on any atom is 0.0673 e. The largest absolute Gasteiger partial charge is 0.392 e. The summed E-state index contributed by atoms with van der Waals surface area (Å²) in [7, 11) is 0. The van der Waals surface area contributed by atoms with Crippen LogP contribution < -0.4 is 0 Å². The van der Waals surface area contributed by atoms with E-state index < -0.39 is 0 Å². The topological polar surface area (TPSA) is 20.2 Å². The maximum atomic E-state index is 9.35. The monoisotopic (exact) mass is 272 g/mol. The lowest BCUT2D eigenvalue weighted by atomic mass is 10.1. The van der Waals surface area contributed by atoms with Gasteiger partial charge in [-0.15, -0.1) is 0 Å². The SMILES string of the molecule is CCC(O)C(Br)C(Br)CC. The fourth-order valence-electron chi connectivity index (χ4n) is 0.691. The van der Waals surface area contributed by atoms with Gasteiger partial charge >= 0.3 is 0 Å². The quantitative estimate of drug-likeness (QED) is 0.781. The van der Waals surface area contributed by atoms with Crippen LogP contribution in [0.3, 0.4) is 0 Å². The van der Waals surface area contributed by atoms with E-state index in [0.29, 0.717) is 4.83 Å². The molecule has 0 bridgehead atoms. The van der Waals surface area contributed by atoms with E-state index in [1.165, 1.54) is 0 Å². The highest BCUT2D eigenvalue weighted by molar-refractivity contribution is 9.12. The molecule has 1 N–H and O–H groups in total.